The van der Waals surface area contributed by atoms with E-state index in [4.69, 9.17) is 4.74 Å². The molecule has 1 aromatic carbocycles. The molecule has 0 bridgehead atoms. The number of hydrogen-bond acceptors (Lipinski definition) is 4. The monoisotopic (exact) mass is 506 g/mol. The summed E-state index contributed by atoms with van der Waals surface area (Å²) in [4.78, 5) is 13.0. The highest BCUT2D eigenvalue weighted by molar-refractivity contribution is 9.10. The normalized spacial score (nSPS) is 19.9. The van der Waals surface area contributed by atoms with Crippen LogP contribution in [0.1, 0.15) is 24.5 Å². The number of fused-ring (bicyclic) bond motifs is 1. The summed E-state index contributed by atoms with van der Waals surface area (Å²) in [5.74, 6) is 0.147. The topological polar surface area (TPSA) is 60.4 Å². The molecule has 2 aliphatic heterocycles. The quantitative estimate of drug-likeness (QED) is 0.518. The van der Waals surface area contributed by atoms with Crippen molar-refractivity contribution in [3.8, 4) is 5.69 Å². The van der Waals surface area contributed by atoms with Crippen LogP contribution in [0.15, 0.2) is 62.2 Å². The van der Waals surface area contributed by atoms with Crippen LogP contribution in [-0.2, 0) is 16.3 Å². The van der Waals surface area contributed by atoms with E-state index in [1.165, 1.54) is 17.0 Å². The molecule has 2 aliphatic rings. The van der Waals surface area contributed by atoms with Gasteiger partial charge < -0.3 is 4.74 Å². The van der Waals surface area contributed by atoms with Crippen LogP contribution in [0.5, 0.6) is 0 Å². The van der Waals surface area contributed by atoms with E-state index in [1.54, 1.807) is 18.3 Å². The van der Waals surface area contributed by atoms with Gasteiger partial charge in [0.25, 0.3) is 0 Å². The van der Waals surface area contributed by atoms with Gasteiger partial charge in [0.1, 0.15) is 0 Å². The predicted molar refractivity (Wildman–Crippen MR) is 118 cm³/mol. The van der Waals surface area contributed by atoms with Gasteiger partial charge in [-0.05, 0) is 39.7 Å². The van der Waals surface area contributed by atoms with Crippen molar-refractivity contribution in [2.45, 2.75) is 24.9 Å². The summed E-state index contributed by atoms with van der Waals surface area (Å²) in [7, 11) is 0. The number of rotatable bonds is 4. The Hall–Kier alpha value is -2.72. The Morgan fingerprint density at radius 1 is 1.25 bits per heavy atom. The second-order valence-electron chi connectivity index (χ2n) is 8.25. The highest BCUT2D eigenvalue weighted by Crippen LogP contribution is 2.39. The molecule has 4 heterocycles. The summed E-state index contributed by atoms with van der Waals surface area (Å²) in [6.45, 7) is 3.03. The molecule has 5 rings (SSSR count). The van der Waals surface area contributed by atoms with Crippen LogP contribution < -0.4 is 5.69 Å². The van der Waals surface area contributed by atoms with Crippen LogP contribution in [0.2, 0.25) is 0 Å². The van der Waals surface area contributed by atoms with Gasteiger partial charge in [-0.3, -0.25) is 8.97 Å². The Kier molecular flexibility index (Phi) is 4.90. The number of hydrogen-bond donors (Lipinski definition) is 0. The van der Waals surface area contributed by atoms with Gasteiger partial charge in [-0.15, -0.1) is 0 Å². The lowest BCUT2D eigenvalue weighted by atomic mass is 9.73. The van der Waals surface area contributed by atoms with Gasteiger partial charge in [0.05, 0.1) is 30.0 Å². The van der Waals surface area contributed by atoms with Crippen molar-refractivity contribution < 1.29 is 17.9 Å². The van der Waals surface area contributed by atoms with Crippen LogP contribution in [0.4, 0.5) is 13.2 Å². The van der Waals surface area contributed by atoms with Crippen LogP contribution >= 0.6 is 15.9 Å². The summed E-state index contributed by atoms with van der Waals surface area (Å²) >= 11 is 3.07. The summed E-state index contributed by atoms with van der Waals surface area (Å²) in [6.07, 6.45) is 0.437. The van der Waals surface area contributed by atoms with E-state index in [9.17, 15) is 18.0 Å². The number of halogens is 4. The minimum atomic E-state index is -4.59. The Balaban J connectivity index is 1.59. The first-order chi connectivity index (χ1) is 15.2. The van der Waals surface area contributed by atoms with E-state index in [1.807, 2.05) is 19.1 Å². The van der Waals surface area contributed by atoms with Crippen molar-refractivity contribution in [1.29, 1.82) is 0 Å². The first-order valence-electron chi connectivity index (χ1n) is 9.97. The average Bonchev–Trinajstić information content (AvgIpc) is 3.26. The van der Waals surface area contributed by atoms with Crippen molar-refractivity contribution in [1.82, 2.24) is 8.97 Å². The Morgan fingerprint density at radius 3 is 2.66 bits per heavy atom. The maximum absolute atomic E-state index is 13.6. The molecule has 0 amide bonds. The van der Waals surface area contributed by atoms with Gasteiger partial charge in [0.2, 0.25) is 0 Å². The van der Waals surface area contributed by atoms with Crippen LogP contribution in [0, 0.1) is 5.92 Å². The first kappa shape index (κ1) is 21.1. The maximum Gasteiger partial charge on any atom is 0.418 e. The third-order valence-corrected chi connectivity index (χ3v) is 6.49. The fourth-order valence-corrected chi connectivity index (χ4v) is 4.63. The van der Waals surface area contributed by atoms with Gasteiger partial charge >= 0.3 is 11.9 Å². The van der Waals surface area contributed by atoms with Gasteiger partial charge in [-0.25, -0.2) is 4.79 Å². The molecular formula is C22H18BrF3N4O2. The third-order valence-electron chi connectivity index (χ3n) is 6.05. The van der Waals surface area contributed by atoms with Gasteiger partial charge in [0.15, 0.2) is 0 Å². The summed E-state index contributed by atoms with van der Waals surface area (Å²) < 4.78 is 48.6. The molecule has 0 saturated carbocycles. The molecule has 1 unspecified atom stereocenters. The van der Waals surface area contributed by atoms with Gasteiger partial charge in [-0.1, -0.05) is 19.1 Å². The molecule has 166 valence electrons. The lowest BCUT2D eigenvalue weighted by Gasteiger charge is -2.42. The molecule has 0 spiro atoms. The van der Waals surface area contributed by atoms with Gasteiger partial charge in [0, 0.05) is 46.5 Å². The first-order valence-corrected chi connectivity index (χ1v) is 10.8. The smallest absolute Gasteiger partial charge is 0.379 e. The minimum absolute atomic E-state index is 0.147. The number of alkyl halides is 3. The van der Waals surface area contributed by atoms with Crippen LogP contribution in [-0.4, -0.2) is 34.1 Å². The zero-order valence-electron chi connectivity index (χ0n) is 16.9. The molecule has 0 N–H and O–H groups in total. The highest BCUT2D eigenvalue weighted by Gasteiger charge is 2.42. The summed E-state index contributed by atoms with van der Waals surface area (Å²) in [6, 6.07) is 8.27. The predicted octanol–water partition coefficient (Wildman–Crippen LogP) is 4.61. The lowest BCUT2D eigenvalue weighted by Crippen LogP contribution is -2.48. The maximum atomic E-state index is 13.6. The second-order valence-corrected chi connectivity index (χ2v) is 9.17. The summed E-state index contributed by atoms with van der Waals surface area (Å²) in [5.41, 5.74) is 0.432. The summed E-state index contributed by atoms with van der Waals surface area (Å²) in [5, 5.41) is 8.23. The zero-order chi connectivity index (χ0) is 22.7. The molecular weight excluding hydrogens is 489 g/mol. The molecule has 10 heteroatoms. The number of aromatic nitrogens is 2. The van der Waals surface area contributed by atoms with Crippen molar-refractivity contribution in [3.63, 3.8) is 0 Å². The lowest BCUT2D eigenvalue weighted by molar-refractivity contribution is -0.136. The Bertz CT molecular complexity index is 1340. The molecule has 32 heavy (non-hydrogen) atoms. The Labute approximate surface area is 189 Å². The molecule has 1 fully saturated rings. The number of ether oxygens (including phenoxy) is 1. The van der Waals surface area contributed by atoms with Crippen LogP contribution in [0.25, 0.3) is 11.2 Å². The fourth-order valence-electron chi connectivity index (χ4n) is 4.20. The number of benzene rings is 1. The van der Waals surface area contributed by atoms with Gasteiger partial charge in [-0.2, -0.15) is 23.4 Å². The SMILES string of the molecule is CC1C=NN=C1CC1(c2cccc(-n3cc4c(C(F)(F)F)cc(Br)cn4c3=O)c2)COC1. The van der Waals surface area contributed by atoms with Crippen molar-refractivity contribution in [2.24, 2.45) is 16.1 Å². The van der Waals surface area contributed by atoms with Crippen molar-refractivity contribution >= 4 is 33.4 Å². The van der Waals surface area contributed by atoms with E-state index in [-0.39, 0.29) is 21.3 Å². The Morgan fingerprint density at radius 2 is 2.03 bits per heavy atom. The second kappa shape index (κ2) is 7.41. The van der Waals surface area contributed by atoms with E-state index >= 15 is 0 Å². The number of imidazole rings is 1. The molecule has 1 atom stereocenters. The third kappa shape index (κ3) is 3.41. The average molecular weight is 507 g/mol. The van der Waals surface area contributed by atoms with E-state index in [2.05, 4.69) is 26.1 Å². The van der Waals surface area contributed by atoms with Crippen molar-refractivity contribution in [2.75, 3.05) is 13.2 Å². The van der Waals surface area contributed by atoms with E-state index in [0.29, 0.717) is 25.3 Å². The molecule has 2 aromatic heterocycles. The molecule has 0 radical (unpaired) electrons. The number of pyridine rings is 1. The standard InChI is InChI=1S/C22H18BrF3N4O2/c1-13-8-27-28-18(13)7-21(11-32-12-21)14-3-2-4-16(5-14)29-10-19-17(22(24,25)26)6-15(23)9-30(19)20(29)31/h2-6,8-10,13H,7,11-12H2,1H3. The molecule has 3 aromatic rings. The van der Waals surface area contributed by atoms with Crippen LogP contribution in [0.3, 0.4) is 0 Å². The number of nitrogens with zero attached hydrogens (tertiary/aromatic N) is 4. The molecule has 1 saturated heterocycles. The van der Waals surface area contributed by atoms with Crippen molar-refractivity contribution in [3.05, 3.63) is 68.8 Å². The molecule has 0 aliphatic carbocycles. The zero-order valence-corrected chi connectivity index (χ0v) is 18.5. The largest absolute Gasteiger partial charge is 0.418 e. The van der Waals surface area contributed by atoms with E-state index < -0.39 is 17.4 Å². The highest BCUT2D eigenvalue weighted by atomic mass is 79.9. The minimum Gasteiger partial charge on any atom is -0.379 e. The van der Waals surface area contributed by atoms with E-state index in [0.717, 1.165) is 21.7 Å². The molecule has 6 nitrogen and oxygen atoms in total. The fraction of sp³-hybridized carbons (Fsp3) is 0.318.